The van der Waals surface area contributed by atoms with E-state index in [0.717, 1.165) is 12.4 Å². The summed E-state index contributed by atoms with van der Waals surface area (Å²) in [5, 5.41) is 0. The van der Waals surface area contributed by atoms with E-state index in [-0.39, 0.29) is 6.10 Å². The average molecular weight is 242 g/mol. The van der Waals surface area contributed by atoms with Gasteiger partial charge in [-0.15, -0.1) is 0 Å². The van der Waals surface area contributed by atoms with E-state index in [1.165, 1.54) is 0 Å². The van der Waals surface area contributed by atoms with Crippen LogP contribution >= 0.6 is 0 Å². The molecule has 0 spiro atoms. The van der Waals surface area contributed by atoms with E-state index in [9.17, 15) is 0 Å². The number of ether oxygens (including phenoxy) is 1. The summed E-state index contributed by atoms with van der Waals surface area (Å²) >= 11 is 0. The van der Waals surface area contributed by atoms with Crippen LogP contribution < -0.4 is 0 Å². The normalized spacial score (nSPS) is 20.7. The third-order valence-electron chi connectivity index (χ3n) is 3.71. The Kier molecular flexibility index (Phi) is 4.24. The van der Waals surface area contributed by atoms with Gasteiger partial charge in [0.25, 0.3) is 8.32 Å². The fourth-order valence-corrected chi connectivity index (χ4v) is 8.17. The van der Waals surface area contributed by atoms with E-state index in [4.69, 9.17) is 9.16 Å². The molecule has 3 heteroatoms. The molecule has 0 aromatic rings. The van der Waals surface area contributed by atoms with E-state index in [2.05, 4.69) is 48.1 Å². The van der Waals surface area contributed by atoms with E-state index in [0.29, 0.717) is 16.6 Å². The second-order valence-corrected chi connectivity index (χ2v) is 11.1. The van der Waals surface area contributed by atoms with E-state index in [1.54, 1.807) is 0 Å². The molecular formula is C13H26O2Si. The van der Waals surface area contributed by atoms with Crippen molar-refractivity contribution < 1.29 is 9.16 Å². The first-order valence-electron chi connectivity index (χ1n) is 6.31. The largest absolute Gasteiger partial charge is 0.544 e. The summed E-state index contributed by atoms with van der Waals surface area (Å²) in [5.74, 6) is 0.864. The van der Waals surface area contributed by atoms with Crippen LogP contribution in [0.3, 0.4) is 0 Å². The second-order valence-electron chi connectivity index (χ2n) is 5.71. The minimum atomic E-state index is -1.79. The lowest BCUT2D eigenvalue weighted by molar-refractivity contribution is 0.313. The van der Waals surface area contributed by atoms with Crippen molar-refractivity contribution in [1.29, 1.82) is 0 Å². The molecule has 1 heterocycles. The first kappa shape index (κ1) is 13.8. The van der Waals surface area contributed by atoms with Crippen LogP contribution in [0.2, 0.25) is 16.6 Å². The fourth-order valence-electron chi connectivity index (χ4n) is 2.88. The molecule has 0 aromatic heterocycles. The summed E-state index contributed by atoms with van der Waals surface area (Å²) in [5.41, 5.74) is 1.80. The first-order chi connectivity index (χ1) is 7.32. The summed E-state index contributed by atoms with van der Waals surface area (Å²) < 4.78 is 11.6. The lowest BCUT2D eigenvalue weighted by Gasteiger charge is -2.42. The Hall–Kier alpha value is -0.283. The van der Waals surface area contributed by atoms with Gasteiger partial charge in [0, 0.05) is 0 Å². The van der Waals surface area contributed by atoms with Crippen LogP contribution in [0.15, 0.2) is 12.3 Å². The minimum absolute atomic E-state index is 0.170. The molecule has 1 rings (SSSR count). The summed E-state index contributed by atoms with van der Waals surface area (Å²) in [6.07, 6.45) is 0.170. The van der Waals surface area contributed by atoms with Gasteiger partial charge in [-0.2, -0.15) is 0 Å². The molecular weight excluding hydrogens is 216 g/mol. The number of rotatable bonds is 6. The van der Waals surface area contributed by atoms with Gasteiger partial charge in [-0.1, -0.05) is 48.1 Å². The second kappa shape index (κ2) is 4.92. The maximum atomic E-state index is 6.37. The highest BCUT2D eigenvalue weighted by molar-refractivity contribution is 6.77. The van der Waals surface area contributed by atoms with Gasteiger partial charge >= 0.3 is 0 Å². The van der Waals surface area contributed by atoms with Gasteiger partial charge in [0.15, 0.2) is 0 Å². The maximum Gasteiger partial charge on any atom is 0.258 e. The van der Waals surface area contributed by atoms with Crippen LogP contribution in [0.1, 0.15) is 41.5 Å². The van der Waals surface area contributed by atoms with Crippen molar-refractivity contribution in [2.75, 3.05) is 6.61 Å². The predicted octanol–water partition coefficient (Wildman–Crippen LogP) is 4.09. The summed E-state index contributed by atoms with van der Waals surface area (Å²) in [4.78, 5) is 0. The molecule has 0 aromatic carbocycles. The minimum Gasteiger partial charge on any atom is -0.544 e. The molecule has 1 atom stereocenters. The summed E-state index contributed by atoms with van der Waals surface area (Å²) in [7, 11) is -1.79. The predicted molar refractivity (Wildman–Crippen MR) is 71.0 cm³/mol. The van der Waals surface area contributed by atoms with Gasteiger partial charge in [-0.25, -0.2) is 0 Å². The van der Waals surface area contributed by atoms with Gasteiger partial charge < -0.3 is 9.16 Å². The van der Waals surface area contributed by atoms with Crippen molar-refractivity contribution in [1.82, 2.24) is 0 Å². The monoisotopic (exact) mass is 242 g/mol. The molecule has 0 saturated carbocycles. The highest BCUT2D eigenvalue weighted by Gasteiger charge is 2.48. The summed E-state index contributed by atoms with van der Waals surface area (Å²) in [6.45, 7) is 18.5. The Morgan fingerprint density at radius 1 is 1.12 bits per heavy atom. The van der Waals surface area contributed by atoms with Crippen molar-refractivity contribution in [3.8, 4) is 0 Å². The molecule has 0 radical (unpaired) electrons. The van der Waals surface area contributed by atoms with E-state index >= 15 is 0 Å². The Morgan fingerprint density at radius 2 is 1.50 bits per heavy atom. The maximum absolute atomic E-state index is 6.37. The van der Waals surface area contributed by atoms with Crippen molar-refractivity contribution in [2.45, 2.75) is 64.3 Å². The molecule has 94 valence electrons. The first-order valence-corrected chi connectivity index (χ1v) is 8.45. The molecule has 0 aliphatic carbocycles. The van der Waals surface area contributed by atoms with Crippen LogP contribution in [-0.2, 0) is 9.16 Å². The quantitative estimate of drug-likeness (QED) is 0.397. The average Bonchev–Trinajstić information content (AvgIpc) is 2.94. The highest BCUT2D eigenvalue weighted by atomic mass is 28.4. The molecule has 2 nitrogen and oxygen atoms in total. The Morgan fingerprint density at radius 3 is 1.75 bits per heavy atom. The standard InChI is InChI=1S/C13H26O2Si/c1-9(2)16(10(3)4,11(5)6)15-12(7)13-8-14-13/h9-11,13H,7-8H2,1-6H3/t13-/m0/s1. The Bertz CT molecular complexity index is 233. The van der Waals surface area contributed by atoms with Gasteiger partial charge in [0.2, 0.25) is 0 Å². The van der Waals surface area contributed by atoms with Crippen LogP contribution in [0.4, 0.5) is 0 Å². The zero-order chi connectivity index (χ0) is 12.5. The van der Waals surface area contributed by atoms with Crippen molar-refractivity contribution in [3.63, 3.8) is 0 Å². The number of epoxide rings is 1. The van der Waals surface area contributed by atoms with E-state index in [1.807, 2.05) is 0 Å². The SMILES string of the molecule is C=C(O[Si](C(C)C)(C(C)C)C(C)C)[C@@H]1CO1. The zero-order valence-corrected chi connectivity index (χ0v) is 12.5. The highest BCUT2D eigenvalue weighted by Crippen LogP contribution is 2.44. The van der Waals surface area contributed by atoms with Crippen LogP contribution in [0.5, 0.6) is 0 Å². The van der Waals surface area contributed by atoms with Gasteiger partial charge in [0.05, 0.1) is 6.61 Å². The van der Waals surface area contributed by atoms with Crippen molar-refractivity contribution in [3.05, 3.63) is 12.3 Å². The van der Waals surface area contributed by atoms with Crippen LogP contribution in [0.25, 0.3) is 0 Å². The number of hydrogen-bond donors (Lipinski definition) is 0. The lowest BCUT2D eigenvalue weighted by Crippen LogP contribution is -2.47. The van der Waals surface area contributed by atoms with Crippen LogP contribution in [0, 0.1) is 0 Å². The smallest absolute Gasteiger partial charge is 0.258 e. The molecule has 1 aliphatic rings. The van der Waals surface area contributed by atoms with Gasteiger partial charge in [-0.3, -0.25) is 0 Å². The van der Waals surface area contributed by atoms with Gasteiger partial charge in [0.1, 0.15) is 11.9 Å². The molecule has 1 fully saturated rings. The third-order valence-corrected chi connectivity index (χ3v) is 9.74. The van der Waals surface area contributed by atoms with Crippen molar-refractivity contribution >= 4 is 8.32 Å². The Balaban J connectivity index is 2.86. The molecule has 1 saturated heterocycles. The lowest BCUT2D eigenvalue weighted by atomic mass is 10.4. The third kappa shape index (κ3) is 2.51. The molecule has 0 bridgehead atoms. The topological polar surface area (TPSA) is 21.8 Å². The zero-order valence-electron chi connectivity index (χ0n) is 11.5. The van der Waals surface area contributed by atoms with E-state index < -0.39 is 8.32 Å². The van der Waals surface area contributed by atoms with Crippen LogP contribution in [-0.4, -0.2) is 21.0 Å². The molecule has 0 unspecified atom stereocenters. The molecule has 0 amide bonds. The summed E-state index contributed by atoms with van der Waals surface area (Å²) in [6, 6.07) is 0. The molecule has 0 N–H and O–H groups in total. The Labute approximate surface area is 101 Å². The van der Waals surface area contributed by atoms with Gasteiger partial charge in [-0.05, 0) is 16.6 Å². The van der Waals surface area contributed by atoms with Crippen molar-refractivity contribution in [2.24, 2.45) is 0 Å². The molecule has 1 aliphatic heterocycles. The number of hydrogen-bond acceptors (Lipinski definition) is 2. The fraction of sp³-hybridized carbons (Fsp3) is 0.846. The molecule has 16 heavy (non-hydrogen) atoms.